The van der Waals surface area contributed by atoms with E-state index < -0.39 is 0 Å². The molecule has 3 aliphatic heterocycles. The number of amides is 1. The van der Waals surface area contributed by atoms with Gasteiger partial charge in [-0.05, 0) is 25.2 Å². The SMILES string of the molecule is CC(C)Cc1nc2c(c(N3CCC(N4CCOCC4)CC3)n1)CCNC2=O. The molecule has 1 N–H and O–H groups in total. The van der Waals surface area contributed by atoms with Gasteiger partial charge in [-0.2, -0.15) is 0 Å². The molecule has 1 aromatic heterocycles. The van der Waals surface area contributed by atoms with E-state index in [1.165, 1.54) is 0 Å². The number of hydrogen-bond acceptors (Lipinski definition) is 6. The van der Waals surface area contributed by atoms with Gasteiger partial charge in [0, 0.05) is 50.7 Å². The molecule has 1 amide bonds. The summed E-state index contributed by atoms with van der Waals surface area (Å²) in [6, 6.07) is 0.640. The summed E-state index contributed by atoms with van der Waals surface area (Å²) < 4.78 is 5.49. The molecule has 0 unspecified atom stereocenters. The maximum Gasteiger partial charge on any atom is 0.270 e. The van der Waals surface area contributed by atoms with Crippen LogP contribution in [0.15, 0.2) is 0 Å². The lowest BCUT2D eigenvalue weighted by atomic mass is 10.00. The number of anilines is 1. The van der Waals surface area contributed by atoms with Crippen molar-refractivity contribution in [1.82, 2.24) is 20.2 Å². The van der Waals surface area contributed by atoms with E-state index >= 15 is 0 Å². The first-order valence-electron chi connectivity index (χ1n) is 10.4. The number of nitrogens with one attached hydrogen (secondary N) is 1. The number of fused-ring (bicyclic) bond motifs is 1. The fraction of sp³-hybridized carbons (Fsp3) is 0.750. The minimum atomic E-state index is -0.0480. The normalized spacial score (nSPS) is 22.0. The van der Waals surface area contributed by atoms with Crippen molar-refractivity contribution in [3.8, 4) is 0 Å². The number of ether oxygens (including phenoxy) is 1. The lowest BCUT2D eigenvalue weighted by Crippen LogP contribution is -2.49. The monoisotopic (exact) mass is 373 g/mol. The van der Waals surface area contributed by atoms with E-state index in [0.29, 0.717) is 24.2 Å². The first-order valence-corrected chi connectivity index (χ1v) is 10.4. The molecule has 0 atom stereocenters. The molecule has 2 saturated heterocycles. The Morgan fingerprint density at radius 3 is 2.59 bits per heavy atom. The smallest absolute Gasteiger partial charge is 0.270 e. The first kappa shape index (κ1) is 18.6. The zero-order chi connectivity index (χ0) is 18.8. The summed E-state index contributed by atoms with van der Waals surface area (Å²) in [5.41, 5.74) is 1.63. The minimum absolute atomic E-state index is 0.0480. The van der Waals surface area contributed by atoms with E-state index in [2.05, 4.69) is 33.9 Å². The molecule has 0 aromatic carbocycles. The van der Waals surface area contributed by atoms with Gasteiger partial charge >= 0.3 is 0 Å². The topological polar surface area (TPSA) is 70.6 Å². The van der Waals surface area contributed by atoms with Crippen molar-refractivity contribution in [2.75, 3.05) is 50.8 Å². The molecule has 0 saturated carbocycles. The van der Waals surface area contributed by atoms with Crippen LogP contribution in [0.1, 0.15) is 48.6 Å². The van der Waals surface area contributed by atoms with Gasteiger partial charge in [-0.1, -0.05) is 13.8 Å². The van der Waals surface area contributed by atoms with Crippen LogP contribution in [0.4, 0.5) is 5.82 Å². The highest BCUT2D eigenvalue weighted by atomic mass is 16.5. The Labute approximate surface area is 161 Å². The lowest BCUT2D eigenvalue weighted by Gasteiger charge is -2.41. The molecule has 148 valence electrons. The number of nitrogens with zero attached hydrogens (tertiary/aromatic N) is 4. The molecular weight excluding hydrogens is 342 g/mol. The fourth-order valence-electron chi connectivity index (χ4n) is 4.42. The maximum absolute atomic E-state index is 12.4. The van der Waals surface area contributed by atoms with Crippen molar-refractivity contribution >= 4 is 11.7 Å². The molecule has 27 heavy (non-hydrogen) atoms. The number of piperidine rings is 1. The highest BCUT2D eigenvalue weighted by Gasteiger charge is 2.30. The summed E-state index contributed by atoms with van der Waals surface area (Å²) in [5, 5.41) is 2.93. The van der Waals surface area contributed by atoms with Crippen LogP contribution in [0.3, 0.4) is 0 Å². The van der Waals surface area contributed by atoms with Gasteiger partial charge in [0.05, 0.1) is 13.2 Å². The minimum Gasteiger partial charge on any atom is -0.379 e. The zero-order valence-corrected chi connectivity index (χ0v) is 16.5. The van der Waals surface area contributed by atoms with Gasteiger partial charge in [0.15, 0.2) is 0 Å². The van der Waals surface area contributed by atoms with Gasteiger partial charge < -0.3 is 15.0 Å². The number of rotatable bonds is 4. The van der Waals surface area contributed by atoms with Crippen LogP contribution < -0.4 is 10.2 Å². The Kier molecular flexibility index (Phi) is 5.59. The lowest BCUT2D eigenvalue weighted by molar-refractivity contribution is 0.0114. The summed E-state index contributed by atoms with van der Waals surface area (Å²) in [5.74, 6) is 2.22. The third-order valence-electron chi connectivity index (χ3n) is 5.82. The molecule has 2 fully saturated rings. The Morgan fingerprint density at radius 1 is 1.15 bits per heavy atom. The summed E-state index contributed by atoms with van der Waals surface area (Å²) in [6.07, 6.45) is 3.91. The Hall–Kier alpha value is -1.73. The second-order valence-corrected chi connectivity index (χ2v) is 8.26. The van der Waals surface area contributed by atoms with Gasteiger partial charge in [-0.3, -0.25) is 9.69 Å². The van der Waals surface area contributed by atoms with Crippen molar-refractivity contribution in [2.24, 2.45) is 5.92 Å². The second-order valence-electron chi connectivity index (χ2n) is 8.26. The molecular formula is C20H31N5O2. The van der Waals surface area contributed by atoms with Gasteiger partial charge in [-0.15, -0.1) is 0 Å². The van der Waals surface area contributed by atoms with E-state index in [0.717, 1.165) is 82.3 Å². The molecule has 4 rings (SSSR count). The maximum atomic E-state index is 12.4. The quantitative estimate of drug-likeness (QED) is 0.857. The number of morpholine rings is 1. The molecule has 3 aliphatic rings. The van der Waals surface area contributed by atoms with Crippen LogP contribution in [0.2, 0.25) is 0 Å². The largest absolute Gasteiger partial charge is 0.379 e. The molecule has 7 nitrogen and oxygen atoms in total. The molecule has 7 heteroatoms. The zero-order valence-electron chi connectivity index (χ0n) is 16.5. The Balaban J connectivity index is 1.54. The van der Waals surface area contributed by atoms with E-state index in [1.807, 2.05) is 0 Å². The van der Waals surface area contributed by atoms with E-state index in [1.54, 1.807) is 0 Å². The van der Waals surface area contributed by atoms with E-state index in [-0.39, 0.29) is 5.91 Å². The van der Waals surface area contributed by atoms with Crippen molar-refractivity contribution in [3.63, 3.8) is 0 Å². The number of carbonyl (C=O) groups excluding carboxylic acids is 1. The van der Waals surface area contributed by atoms with Crippen LogP contribution in [0.5, 0.6) is 0 Å². The summed E-state index contributed by atoms with van der Waals surface area (Å²) in [4.78, 5) is 26.9. The van der Waals surface area contributed by atoms with Crippen LogP contribution in [-0.4, -0.2) is 72.8 Å². The van der Waals surface area contributed by atoms with Crippen molar-refractivity contribution in [1.29, 1.82) is 0 Å². The molecule has 0 radical (unpaired) electrons. The van der Waals surface area contributed by atoms with Crippen LogP contribution in [0.25, 0.3) is 0 Å². The predicted octanol–water partition coefficient (Wildman–Crippen LogP) is 1.26. The van der Waals surface area contributed by atoms with Crippen molar-refractivity contribution in [3.05, 3.63) is 17.1 Å². The fourth-order valence-corrected chi connectivity index (χ4v) is 4.42. The van der Waals surface area contributed by atoms with Gasteiger partial charge in [0.2, 0.25) is 0 Å². The second kappa shape index (κ2) is 8.10. The third kappa shape index (κ3) is 4.09. The molecule has 1 aromatic rings. The van der Waals surface area contributed by atoms with Crippen molar-refractivity contribution < 1.29 is 9.53 Å². The predicted molar refractivity (Wildman–Crippen MR) is 104 cm³/mol. The van der Waals surface area contributed by atoms with E-state index in [9.17, 15) is 4.79 Å². The van der Waals surface area contributed by atoms with Gasteiger partial charge in [0.1, 0.15) is 17.3 Å². The van der Waals surface area contributed by atoms with Crippen LogP contribution in [-0.2, 0) is 17.6 Å². The average Bonchev–Trinajstić information content (AvgIpc) is 2.68. The van der Waals surface area contributed by atoms with Crippen LogP contribution >= 0.6 is 0 Å². The Morgan fingerprint density at radius 2 is 1.89 bits per heavy atom. The van der Waals surface area contributed by atoms with Crippen molar-refractivity contribution in [2.45, 2.75) is 45.6 Å². The third-order valence-corrected chi connectivity index (χ3v) is 5.82. The average molecular weight is 374 g/mol. The molecule has 4 heterocycles. The molecule has 0 spiro atoms. The van der Waals surface area contributed by atoms with Crippen LogP contribution in [0, 0.1) is 5.92 Å². The molecule has 0 aliphatic carbocycles. The van der Waals surface area contributed by atoms with Gasteiger partial charge in [-0.25, -0.2) is 9.97 Å². The summed E-state index contributed by atoms with van der Waals surface area (Å²) >= 11 is 0. The molecule has 0 bridgehead atoms. The number of hydrogen-bond donors (Lipinski definition) is 1. The highest BCUT2D eigenvalue weighted by molar-refractivity contribution is 5.96. The Bertz CT molecular complexity index is 679. The summed E-state index contributed by atoms with van der Waals surface area (Å²) in [6.45, 7) is 10.8. The van der Waals surface area contributed by atoms with E-state index in [4.69, 9.17) is 9.72 Å². The van der Waals surface area contributed by atoms with Gasteiger partial charge in [0.25, 0.3) is 5.91 Å². The first-order chi connectivity index (χ1) is 13.1. The standard InChI is InChI=1S/C20H31N5O2/c1-14(2)13-17-22-18-16(3-6-21-20(18)26)19(23-17)25-7-4-15(5-8-25)24-9-11-27-12-10-24/h14-15H,3-13H2,1-2H3,(H,21,26). The number of aromatic nitrogens is 2. The highest BCUT2D eigenvalue weighted by Crippen LogP contribution is 2.28. The summed E-state index contributed by atoms with van der Waals surface area (Å²) in [7, 11) is 0. The number of carbonyl (C=O) groups is 1.